The van der Waals surface area contributed by atoms with Gasteiger partial charge in [0.05, 0.1) is 18.3 Å². The van der Waals surface area contributed by atoms with Crippen LogP contribution in [0.2, 0.25) is 5.02 Å². The minimum absolute atomic E-state index is 0.00606. The number of amides is 2. The fourth-order valence-electron chi connectivity index (χ4n) is 3.73. The lowest BCUT2D eigenvalue weighted by molar-refractivity contribution is -0.384. The SMILES string of the molecule is CC[C@H](C(=O)N[C@@H](C)CC)N(Cc1ccc(Cl)cc1)C(=O)CN(c1cc([N+](=O)[O-])ccc1OC)S(C)(=O)=O. The van der Waals surface area contributed by atoms with Crippen LogP contribution in [0.1, 0.15) is 39.2 Å². The normalized spacial score (nSPS) is 12.8. The van der Waals surface area contributed by atoms with Gasteiger partial charge in [-0.15, -0.1) is 0 Å². The highest BCUT2D eigenvalue weighted by Crippen LogP contribution is 2.34. The average Bonchev–Trinajstić information content (AvgIpc) is 2.86. The summed E-state index contributed by atoms with van der Waals surface area (Å²) in [6.07, 6.45) is 1.83. The average molecular weight is 569 g/mol. The molecule has 2 aromatic carbocycles. The van der Waals surface area contributed by atoms with Crippen molar-refractivity contribution in [2.75, 3.05) is 24.2 Å². The lowest BCUT2D eigenvalue weighted by Crippen LogP contribution is -2.53. The molecule has 208 valence electrons. The third-order valence-electron chi connectivity index (χ3n) is 5.97. The van der Waals surface area contributed by atoms with Crippen LogP contribution in [0, 0.1) is 10.1 Å². The van der Waals surface area contributed by atoms with E-state index in [4.69, 9.17) is 16.3 Å². The van der Waals surface area contributed by atoms with Crippen molar-refractivity contribution in [2.24, 2.45) is 0 Å². The topological polar surface area (TPSA) is 139 Å². The van der Waals surface area contributed by atoms with Gasteiger partial charge in [0.15, 0.2) is 0 Å². The molecule has 0 aliphatic rings. The second-order valence-corrected chi connectivity index (χ2v) is 11.1. The lowest BCUT2D eigenvalue weighted by atomic mass is 10.1. The highest BCUT2D eigenvalue weighted by molar-refractivity contribution is 7.92. The van der Waals surface area contributed by atoms with Crippen molar-refractivity contribution in [1.82, 2.24) is 10.2 Å². The zero-order chi connectivity index (χ0) is 28.6. The summed E-state index contributed by atoms with van der Waals surface area (Å²) in [5.41, 5.74) is 0.136. The molecule has 38 heavy (non-hydrogen) atoms. The Morgan fingerprint density at radius 3 is 2.26 bits per heavy atom. The number of halogens is 1. The summed E-state index contributed by atoms with van der Waals surface area (Å²) in [6, 6.07) is 9.14. The number of methoxy groups -OCH3 is 1. The van der Waals surface area contributed by atoms with Gasteiger partial charge in [-0.2, -0.15) is 0 Å². The molecule has 0 spiro atoms. The maximum absolute atomic E-state index is 13.8. The second kappa shape index (κ2) is 13.4. The van der Waals surface area contributed by atoms with Gasteiger partial charge >= 0.3 is 0 Å². The third-order valence-corrected chi connectivity index (χ3v) is 7.35. The van der Waals surface area contributed by atoms with E-state index in [2.05, 4.69) is 5.32 Å². The minimum Gasteiger partial charge on any atom is -0.495 e. The van der Waals surface area contributed by atoms with Crippen LogP contribution in [0.25, 0.3) is 0 Å². The minimum atomic E-state index is -4.11. The van der Waals surface area contributed by atoms with Gasteiger partial charge in [0.1, 0.15) is 24.0 Å². The van der Waals surface area contributed by atoms with Crippen LogP contribution < -0.4 is 14.4 Å². The molecular weight excluding hydrogens is 536 g/mol. The van der Waals surface area contributed by atoms with Crippen LogP contribution in [0.5, 0.6) is 5.75 Å². The quantitative estimate of drug-likeness (QED) is 0.287. The molecule has 2 aromatic rings. The van der Waals surface area contributed by atoms with E-state index < -0.39 is 33.4 Å². The van der Waals surface area contributed by atoms with Crippen LogP contribution in [0.4, 0.5) is 11.4 Å². The van der Waals surface area contributed by atoms with E-state index in [-0.39, 0.29) is 42.0 Å². The van der Waals surface area contributed by atoms with Crippen molar-refractivity contribution in [3.63, 3.8) is 0 Å². The maximum Gasteiger partial charge on any atom is 0.271 e. The number of nitro benzene ring substituents is 1. The number of carbonyl (C=O) groups is 2. The Kier molecular flexibility index (Phi) is 10.9. The van der Waals surface area contributed by atoms with Gasteiger partial charge in [0, 0.05) is 29.7 Å². The Morgan fingerprint density at radius 1 is 1.13 bits per heavy atom. The largest absolute Gasteiger partial charge is 0.495 e. The van der Waals surface area contributed by atoms with E-state index >= 15 is 0 Å². The molecule has 0 aliphatic heterocycles. The molecule has 0 saturated carbocycles. The number of ether oxygens (including phenoxy) is 1. The van der Waals surface area contributed by atoms with Crippen molar-refractivity contribution in [2.45, 2.75) is 52.2 Å². The summed E-state index contributed by atoms with van der Waals surface area (Å²) in [7, 11) is -2.83. The second-order valence-electron chi connectivity index (χ2n) is 8.77. The van der Waals surface area contributed by atoms with Gasteiger partial charge in [-0.3, -0.25) is 24.0 Å². The number of hydrogen-bond acceptors (Lipinski definition) is 7. The molecular formula is C25H33ClN4O7S. The summed E-state index contributed by atoms with van der Waals surface area (Å²) in [5.74, 6) is -1.02. The van der Waals surface area contributed by atoms with Crippen LogP contribution in [-0.4, -0.2) is 62.0 Å². The Balaban J connectivity index is 2.55. The van der Waals surface area contributed by atoms with Crippen LogP contribution in [0.15, 0.2) is 42.5 Å². The van der Waals surface area contributed by atoms with E-state index in [1.165, 1.54) is 24.1 Å². The molecule has 0 fully saturated rings. The molecule has 13 heteroatoms. The monoisotopic (exact) mass is 568 g/mol. The first-order chi connectivity index (χ1) is 17.8. The van der Waals surface area contributed by atoms with Gasteiger partial charge < -0.3 is 15.0 Å². The number of nitrogens with zero attached hydrogens (tertiary/aromatic N) is 3. The summed E-state index contributed by atoms with van der Waals surface area (Å²) in [6.45, 7) is 4.80. The van der Waals surface area contributed by atoms with Gasteiger partial charge in [-0.05, 0) is 43.5 Å². The number of nitro groups is 1. The fourth-order valence-corrected chi connectivity index (χ4v) is 4.70. The Bertz CT molecular complexity index is 1250. The first-order valence-corrected chi connectivity index (χ1v) is 14.2. The number of non-ortho nitro benzene ring substituents is 1. The summed E-state index contributed by atoms with van der Waals surface area (Å²) in [4.78, 5) is 38.9. The predicted octanol–water partition coefficient (Wildman–Crippen LogP) is 3.74. The predicted molar refractivity (Wildman–Crippen MR) is 146 cm³/mol. The zero-order valence-corrected chi connectivity index (χ0v) is 23.6. The van der Waals surface area contributed by atoms with Gasteiger partial charge in [0.2, 0.25) is 21.8 Å². The molecule has 0 unspecified atom stereocenters. The number of benzene rings is 2. The smallest absolute Gasteiger partial charge is 0.271 e. The molecule has 1 N–H and O–H groups in total. The number of hydrogen-bond donors (Lipinski definition) is 1. The third kappa shape index (κ3) is 8.06. The highest BCUT2D eigenvalue weighted by atomic mass is 35.5. The molecule has 2 rings (SSSR count). The molecule has 0 bridgehead atoms. The number of carbonyl (C=O) groups excluding carboxylic acids is 2. The first-order valence-electron chi connectivity index (χ1n) is 12.0. The lowest BCUT2D eigenvalue weighted by Gasteiger charge is -2.33. The molecule has 0 aromatic heterocycles. The van der Waals surface area contributed by atoms with E-state index in [0.29, 0.717) is 17.0 Å². The molecule has 0 heterocycles. The van der Waals surface area contributed by atoms with Gasteiger partial charge in [-0.1, -0.05) is 37.6 Å². The van der Waals surface area contributed by atoms with Crippen LogP contribution >= 0.6 is 11.6 Å². The number of rotatable bonds is 13. The van der Waals surface area contributed by atoms with Crippen molar-refractivity contribution < 1.29 is 27.7 Å². The molecule has 2 amide bonds. The van der Waals surface area contributed by atoms with E-state index in [1.54, 1.807) is 31.2 Å². The Hall–Kier alpha value is -3.38. The van der Waals surface area contributed by atoms with Crippen molar-refractivity contribution in [1.29, 1.82) is 0 Å². The first kappa shape index (κ1) is 30.8. The summed E-state index contributed by atoms with van der Waals surface area (Å²) < 4.78 is 31.6. The zero-order valence-electron chi connectivity index (χ0n) is 22.0. The van der Waals surface area contributed by atoms with Crippen molar-refractivity contribution in [3.05, 3.63) is 63.2 Å². The maximum atomic E-state index is 13.8. The highest BCUT2D eigenvalue weighted by Gasteiger charge is 2.33. The molecule has 0 aliphatic carbocycles. The van der Waals surface area contributed by atoms with E-state index in [0.717, 1.165) is 16.6 Å². The standard InChI is InChI=1S/C25H33ClN4O7S/c1-6-17(3)27-25(32)21(7-2)28(15-18-8-10-19(26)11-9-18)24(31)16-29(38(5,35)36)22-14-20(30(33)34)12-13-23(22)37-4/h8-14,17,21H,6-7,15-16H2,1-5H3,(H,27,32)/t17-,21+/m0/s1. The summed E-state index contributed by atoms with van der Waals surface area (Å²) in [5, 5.41) is 14.7. The number of nitrogens with one attached hydrogen (secondary N) is 1. The van der Waals surface area contributed by atoms with Crippen molar-refractivity contribution >= 4 is 44.8 Å². The van der Waals surface area contributed by atoms with Gasteiger partial charge in [-0.25, -0.2) is 8.42 Å². The summed E-state index contributed by atoms with van der Waals surface area (Å²) >= 11 is 6.00. The molecule has 11 nitrogen and oxygen atoms in total. The molecule has 2 atom stereocenters. The Labute approximate surface area is 227 Å². The van der Waals surface area contributed by atoms with E-state index in [1.807, 2.05) is 13.8 Å². The van der Waals surface area contributed by atoms with Crippen LogP contribution in [0.3, 0.4) is 0 Å². The molecule has 0 radical (unpaired) electrons. The molecule has 0 saturated heterocycles. The van der Waals surface area contributed by atoms with Crippen molar-refractivity contribution in [3.8, 4) is 5.75 Å². The number of anilines is 1. The van der Waals surface area contributed by atoms with Gasteiger partial charge in [0.25, 0.3) is 5.69 Å². The number of sulfonamides is 1. The fraction of sp³-hybridized carbons (Fsp3) is 0.440. The van der Waals surface area contributed by atoms with Crippen LogP contribution in [-0.2, 0) is 26.2 Å². The Morgan fingerprint density at radius 2 is 1.76 bits per heavy atom. The van der Waals surface area contributed by atoms with E-state index in [9.17, 15) is 28.1 Å².